The van der Waals surface area contributed by atoms with Crippen molar-refractivity contribution in [2.24, 2.45) is 7.05 Å². The zero-order valence-corrected chi connectivity index (χ0v) is 13.9. The van der Waals surface area contributed by atoms with Gasteiger partial charge < -0.3 is 0 Å². The van der Waals surface area contributed by atoms with Crippen LogP contribution in [0.15, 0.2) is 27.3 Å². The van der Waals surface area contributed by atoms with Crippen LogP contribution in [-0.2, 0) is 7.05 Å². The first-order valence-corrected chi connectivity index (χ1v) is 7.22. The van der Waals surface area contributed by atoms with Gasteiger partial charge in [0.05, 0.1) is 0 Å². The molecule has 0 spiro atoms. The topological polar surface area (TPSA) is 47.8 Å². The summed E-state index contributed by atoms with van der Waals surface area (Å²) in [6.07, 6.45) is 0. The largest absolute Gasteiger partial charge is 0.287 e. The summed E-state index contributed by atoms with van der Waals surface area (Å²) in [6.45, 7) is 0. The molecule has 0 aliphatic rings. The molecule has 0 unspecified atom stereocenters. The number of carbonyl (C=O) groups excluding carboxylic acids is 1. The van der Waals surface area contributed by atoms with Crippen molar-refractivity contribution in [2.45, 2.75) is 0 Å². The van der Waals surface area contributed by atoms with Gasteiger partial charge in [-0.05, 0) is 56.7 Å². The number of ketones is 1. The molecule has 0 amide bonds. The Kier molecular flexibility index (Phi) is 3.99. The summed E-state index contributed by atoms with van der Waals surface area (Å²) >= 11 is 8.77. The number of nitrogens with zero attached hydrogens (tertiary/aromatic N) is 3. The maximum atomic E-state index is 12.4. The van der Waals surface area contributed by atoms with E-state index in [1.165, 1.54) is 4.68 Å². The zero-order chi connectivity index (χ0) is 12.6. The lowest BCUT2D eigenvalue weighted by Crippen LogP contribution is -2.09. The van der Waals surface area contributed by atoms with Crippen LogP contribution in [0.2, 0.25) is 0 Å². The van der Waals surface area contributed by atoms with Crippen molar-refractivity contribution < 1.29 is 4.79 Å². The van der Waals surface area contributed by atoms with Crippen LogP contribution in [0.3, 0.4) is 0 Å². The molecule has 4 nitrogen and oxygen atoms in total. The van der Waals surface area contributed by atoms with E-state index in [2.05, 4.69) is 64.8 Å². The summed E-state index contributed by atoms with van der Waals surface area (Å²) in [5.74, 6) is -0.116. The Morgan fingerprint density at radius 3 is 2.71 bits per heavy atom. The Bertz CT molecular complexity index is 578. The maximum absolute atomic E-state index is 12.4. The number of rotatable bonds is 2. The van der Waals surface area contributed by atoms with Gasteiger partial charge in [0.25, 0.3) is 0 Å². The molecule has 0 atom stereocenters. The highest BCUT2D eigenvalue weighted by atomic mass is 127. The van der Waals surface area contributed by atoms with Crippen LogP contribution >= 0.6 is 54.5 Å². The van der Waals surface area contributed by atoms with Gasteiger partial charge in [0.15, 0.2) is 4.60 Å². The van der Waals surface area contributed by atoms with Crippen LogP contribution in [0.1, 0.15) is 16.1 Å². The third kappa shape index (κ3) is 2.60. The standard InChI is InChI=1S/C10H6Br2IN3O/c1-16-8(10(12)14-15-16)9(17)6-4-5(13)2-3-7(6)11/h2-4H,1H3. The second-order valence-corrected chi connectivity index (χ2v) is 6.16. The van der Waals surface area contributed by atoms with E-state index in [-0.39, 0.29) is 5.78 Å². The van der Waals surface area contributed by atoms with Gasteiger partial charge in [-0.1, -0.05) is 21.1 Å². The first-order valence-electron chi connectivity index (χ1n) is 4.55. The van der Waals surface area contributed by atoms with Crippen LogP contribution < -0.4 is 0 Å². The van der Waals surface area contributed by atoms with Gasteiger partial charge in [0.2, 0.25) is 5.78 Å². The average molecular weight is 471 g/mol. The molecule has 0 fully saturated rings. The molecule has 0 N–H and O–H groups in total. The normalized spacial score (nSPS) is 10.6. The molecular formula is C10H6Br2IN3O. The van der Waals surface area contributed by atoms with Gasteiger partial charge >= 0.3 is 0 Å². The van der Waals surface area contributed by atoms with Crippen LogP contribution in [0.5, 0.6) is 0 Å². The lowest BCUT2D eigenvalue weighted by atomic mass is 10.1. The van der Waals surface area contributed by atoms with Crippen molar-refractivity contribution >= 4 is 60.2 Å². The highest BCUT2D eigenvalue weighted by Gasteiger charge is 2.20. The number of halogens is 3. The first kappa shape index (κ1) is 13.2. The van der Waals surface area contributed by atoms with Gasteiger partial charge in [-0.2, -0.15) is 0 Å². The van der Waals surface area contributed by atoms with Gasteiger partial charge in [-0.25, -0.2) is 4.68 Å². The molecule has 2 rings (SSSR count). The van der Waals surface area contributed by atoms with Gasteiger partial charge in [-0.3, -0.25) is 4.79 Å². The van der Waals surface area contributed by atoms with E-state index in [1.807, 2.05) is 18.2 Å². The predicted molar refractivity (Wildman–Crippen MR) is 79.0 cm³/mol. The van der Waals surface area contributed by atoms with Crippen molar-refractivity contribution in [3.8, 4) is 0 Å². The molecule has 0 radical (unpaired) electrons. The smallest absolute Gasteiger partial charge is 0.215 e. The summed E-state index contributed by atoms with van der Waals surface area (Å²) < 4.78 is 3.67. The molecule has 1 heterocycles. The van der Waals surface area contributed by atoms with Crippen molar-refractivity contribution in [1.82, 2.24) is 15.0 Å². The lowest BCUT2D eigenvalue weighted by molar-refractivity contribution is 0.102. The third-order valence-corrected chi connectivity index (χ3v) is 4.07. The molecule has 17 heavy (non-hydrogen) atoms. The molecule has 0 saturated carbocycles. The molecule has 0 aliphatic carbocycles. The second-order valence-electron chi connectivity index (χ2n) is 3.31. The first-order chi connectivity index (χ1) is 8.00. The number of hydrogen-bond donors (Lipinski definition) is 0. The summed E-state index contributed by atoms with van der Waals surface area (Å²) in [4.78, 5) is 12.4. The van der Waals surface area contributed by atoms with E-state index in [0.29, 0.717) is 15.9 Å². The molecule has 0 aliphatic heterocycles. The molecule has 0 saturated heterocycles. The second kappa shape index (κ2) is 5.15. The molecule has 1 aromatic carbocycles. The lowest BCUT2D eigenvalue weighted by Gasteiger charge is -2.04. The van der Waals surface area contributed by atoms with Crippen molar-refractivity contribution in [1.29, 1.82) is 0 Å². The predicted octanol–water partition coefficient (Wildman–Crippen LogP) is 3.18. The summed E-state index contributed by atoms with van der Waals surface area (Å²) in [7, 11) is 1.69. The molecule has 1 aromatic heterocycles. The Morgan fingerprint density at radius 2 is 2.12 bits per heavy atom. The number of aryl methyl sites for hydroxylation is 1. The van der Waals surface area contributed by atoms with E-state index >= 15 is 0 Å². The number of hydrogen-bond acceptors (Lipinski definition) is 3. The fourth-order valence-corrected chi connectivity index (χ4v) is 2.80. The van der Waals surface area contributed by atoms with Crippen molar-refractivity contribution in [3.05, 3.63) is 42.1 Å². The Morgan fingerprint density at radius 1 is 1.41 bits per heavy atom. The summed E-state index contributed by atoms with van der Waals surface area (Å²) in [6, 6.07) is 5.61. The summed E-state index contributed by atoms with van der Waals surface area (Å²) in [5.41, 5.74) is 1.04. The highest BCUT2D eigenvalue weighted by Crippen LogP contribution is 2.24. The van der Waals surface area contributed by atoms with Gasteiger partial charge in [0.1, 0.15) is 5.69 Å². The zero-order valence-electron chi connectivity index (χ0n) is 8.62. The molecule has 2 aromatic rings. The van der Waals surface area contributed by atoms with Crippen LogP contribution in [0.4, 0.5) is 0 Å². The Labute approximate surface area is 128 Å². The third-order valence-electron chi connectivity index (χ3n) is 2.17. The minimum Gasteiger partial charge on any atom is -0.287 e. The number of benzene rings is 1. The fourth-order valence-electron chi connectivity index (χ4n) is 1.37. The van der Waals surface area contributed by atoms with Crippen molar-refractivity contribution in [3.63, 3.8) is 0 Å². The van der Waals surface area contributed by atoms with Crippen LogP contribution in [-0.4, -0.2) is 20.8 Å². The maximum Gasteiger partial charge on any atom is 0.215 e. The van der Waals surface area contributed by atoms with E-state index in [4.69, 9.17) is 0 Å². The fraction of sp³-hybridized carbons (Fsp3) is 0.100. The van der Waals surface area contributed by atoms with E-state index in [0.717, 1.165) is 8.04 Å². The Balaban J connectivity index is 2.55. The van der Waals surface area contributed by atoms with Crippen molar-refractivity contribution in [2.75, 3.05) is 0 Å². The molecule has 0 bridgehead atoms. The van der Waals surface area contributed by atoms with Crippen LogP contribution in [0.25, 0.3) is 0 Å². The van der Waals surface area contributed by atoms with Gasteiger partial charge in [-0.15, -0.1) is 5.10 Å². The number of carbonyl (C=O) groups is 1. The average Bonchev–Trinajstić information content (AvgIpc) is 2.61. The summed E-state index contributed by atoms with van der Waals surface area (Å²) in [5, 5.41) is 7.60. The van der Waals surface area contributed by atoms with E-state index in [9.17, 15) is 4.79 Å². The quantitative estimate of drug-likeness (QED) is 0.500. The highest BCUT2D eigenvalue weighted by molar-refractivity contribution is 14.1. The van der Waals surface area contributed by atoms with E-state index in [1.54, 1.807) is 7.05 Å². The number of aromatic nitrogens is 3. The molecule has 7 heteroatoms. The SMILES string of the molecule is Cn1nnc(Br)c1C(=O)c1cc(I)ccc1Br. The van der Waals surface area contributed by atoms with E-state index < -0.39 is 0 Å². The van der Waals surface area contributed by atoms with Gasteiger partial charge in [0, 0.05) is 20.7 Å². The Hall–Kier alpha value is -0.280. The molecular weight excluding hydrogens is 465 g/mol. The monoisotopic (exact) mass is 469 g/mol. The molecule has 88 valence electrons. The minimum absolute atomic E-state index is 0.116. The van der Waals surface area contributed by atoms with Crippen LogP contribution in [0, 0.1) is 3.57 Å². The minimum atomic E-state index is -0.116.